The van der Waals surface area contributed by atoms with Gasteiger partial charge in [0.2, 0.25) is 0 Å². The molecule has 0 saturated heterocycles. The van der Waals surface area contributed by atoms with E-state index in [2.05, 4.69) is 15.9 Å². The van der Waals surface area contributed by atoms with Gasteiger partial charge < -0.3 is 10.0 Å². The van der Waals surface area contributed by atoms with Crippen LogP contribution in [0.4, 0.5) is 13.2 Å². The maximum absolute atomic E-state index is 12.4. The molecule has 0 bridgehead atoms. The van der Waals surface area contributed by atoms with Crippen molar-refractivity contribution in [1.29, 1.82) is 0 Å². The van der Waals surface area contributed by atoms with Crippen LogP contribution in [0.1, 0.15) is 10.4 Å². The zero-order chi connectivity index (χ0) is 15.5. The Morgan fingerprint density at radius 1 is 1.35 bits per heavy atom. The molecule has 20 heavy (non-hydrogen) atoms. The molecule has 1 N–H and O–H groups in total. The molecule has 0 aliphatic carbocycles. The quantitative estimate of drug-likeness (QED) is 0.695. The molecule has 0 saturated carbocycles. The first-order chi connectivity index (χ1) is 9.10. The highest BCUT2D eigenvalue weighted by Gasteiger charge is 2.34. The van der Waals surface area contributed by atoms with Gasteiger partial charge in [0.1, 0.15) is 13.1 Å². The molecule has 0 spiro atoms. The van der Waals surface area contributed by atoms with Crippen LogP contribution in [-0.2, 0) is 4.79 Å². The first-order valence-corrected chi connectivity index (χ1v) is 7.00. The van der Waals surface area contributed by atoms with Gasteiger partial charge in [0.15, 0.2) is 0 Å². The van der Waals surface area contributed by atoms with Crippen LogP contribution < -0.4 is 0 Å². The largest absolute Gasteiger partial charge is 0.480 e. The van der Waals surface area contributed by atoms with Crippen molar-refractivity contribution in [2.75, 3.05) is 13.1 Å². The number of carbonyl (C=O) groups is 2. The molecule has 1 aromatic carbocycles. The Labute approximate surface area is 134 Å². The van der Waals surface area contributed by atoms with Crippen molar-refractivity contribution in [1.82, 2.24) is 4.90 Å². The molecule has 1 aromatic rings. The van der Waals surface area contributed by atoms with Gasteiger partial charge in [-0.3, -0.25) is 9.59 Å². The second-order valence-electron chi connectivity index (χ2n) is 3.79. The van der Waals surface area contributed by atoms with Crippen LogP contribution in [0.2, 0.25) is 0 Å². The lowest BCUT2D eigenvalue weighted by Crippen LogP contribution is -2.42. The lowest BCUT2D eigenvalue weighted by molar-refractivity contribution is -0.149. The number of nitrogens with zero attached hydrogens (tertiary/aromatic N) is 1. The van der Waals surface area contributed by atoms with Crippen LogP contribution in [0.25, 0.3) is 0 Å². The molecule has 0 heterocycles. The van der Waals surface area contributed by atoms with Gasteiger partial charge in [-0.1, -0.05) is 0 Å². The van der Waals surface area contributed by atoms with Gasteiger partial charge >= 0.3 is 12.1 Å². The van der Waals surface area contributed by atoms with Crippen LogP contribution in [0, 0.1) is 3.57 Å². The molecular weight excluding hydrogens is 458 g/mol. The van der Waals surface area contributed by atoms with E-state index >= 15 is 0 Å². The standard InChI is InChI=1S/C11H8BrF3INO3/c12-8-2-1-6(16)3-7(8)10(20)17(4-9(18)19)5-11(13,14)15/h1-3H,4-5H2,(H,18,19). The molecule has 0 fully saturated rings. The molecule has 4 nitrogen and oxygen atoms in total. The van der Waals surface area contributed by atoms with Crippen LogP contribution >= 0.6 is 38.5 Å². The number of alkyl halides is 3. The van der Waals surface area contributed by atoms with E-state index in [1.54, 1.807) is 6.07 Å². The summed E-state index contributed by atoms with van der Waals surface area (Å²) in [6, 6.07) is 4.56. The molecule has 1 amide bonds. The number of carboxylic acids is 1. The Bertz CT molecular complexity index is 536. The number of aliphatic carboxylic acids is 1. The fourth-order valence-electron chi connectivity index (χ4n) is 1.41. The Balaban J connectivity index is 3.09. The van der Waals surface area contributed by atoms with E-state index < -0.39 is 31.1 Å². The van der Waals surface area contributed by atoms with Crippen LogP contribution in [-0.4, -0.2) is 41.1 Å². The minimum absolute atomic E-state index is 0.0117. The van der Waals surface area contributed by atoms with Crippen molar-refractivity contribution >= 4 is 50.4 Å². The van der Waals surface area contributed by atoms with Crippen molar-refractivity contribution in [3.63, 3.8) is 0 Å². The molecular formula is C11H8BrF3INO3. The van der Waals surface area contributed by atoms with Gasteiger partial charge in [0, 0.05) is 8.04 Å². The van der Waals surface area contributed by atoms with Gasteiger partial charge in [0.05, 0.1) is 5.56 Å². The number of carbonyl (C=O) groups excluding carboxylic acids is 1. The molecule has 0 atom stereocenters. The third kappa shape index (κ3) is 5.27. The summed E-state index contributed by atoms with van der Waals surface area (Å²) in [5, 5.41) is 8.63. The summed E-state index contributed by atoms with van der Waals surface area (Å²) in [6.45, 7) is -2.63. The number of carboxylic acid groups (broad SMARTS) is 1. The highest BCUT2D eigenvalue weighted by atomic mass is 127. The molecule has 0 aliphatic heterocycles. The third-order valence-corrected chi connectivity index (χ3v) is 3.50. The average Bonchev–Trinajstić information content (AvgIpc) is 2.28. The van der Waals surface area contributed by atoms with Crippen molar-refractivity contribution in [3.05, 3.63) is 31.8 Å². The third-order valence-electron chi connectivity index (χ3n) is 2.14. The Morgan fingerprint density at radius 2 is 1.95 bits per heavy atom. The Morgan fingerprint density at radius 3 is 2.45 bits per heavy atom. The van der Waals surface area contributed by atoms with E-state index in [4.69, 9.17) is 5.11 Å². The molecule has 0 unspecified atom stereocenters. The van der Waals surface area contributed by atoms with E-state index in [1.807, 2.05) is 22.6 Å². The number of hydrogen-bond donors (Lipinski definition) is 1. The maximum Gasteiger partial charge on any atom is 0.406 e. The normalized spacial score (nSPS) is 11.2. The highest BCUT2D eigenvalue weighted by molar-refractivity contribution is 14.1. The van der Waals surface area contributed by atoms with E-state index in [0.717, 1.165) is 0 Å². The van der Waals surface area contributed by atoms with Crippen molar-refractivity contribution in [2.45, 2.75) is 6.18 Å². The van der Waals surface area contributed by atoms with Crippen LogP contribution in [0.15, 0.2) is 22.7 Å². The molecule has 110 valence electrons. The van der Waals surface area contributed by atoms with Gasteiger partial charge in [0.25, 0.3) is 5.91 Å². The Hall–Kier alpha value is -0.840. The molecule has 0 radical (unpaired) electrons. The second-order valence-corrected chi connectivity index (χ2v) is 5.89. The van der Waals surface area contributed by atoms with Crippen LogP contribution in [0.3, 0.4) is 0 Å². The van der Waals surface area contributed by atoms with Gasteiger partial charge in [-0.2, -0.15) is 13.2 Å². The maximum atomic E-state index is 12.4. The SMILES string of the molecule is O=C(O)CN(CC(F)(F)F)C(=O)c1cc(I)ccc1Br. The van der Waals surface area contributed by atoms with Crippen molar-refractivity contribution in [3.8, 4) is 0 Å². The summed E-state index contributed by atoms with van der Waals surface area (Å²) in [5.74, 6) is -2.50. The fraction of sp³-hybridized carbons (Fsp3) is 0.273. The summed E-state index contributed by atoms with van der Waals surface area (Å²) in [5.41, 5.74) is -0.0117. The second kappa shape index (κ2) is 6.74. The zero-order valence-corrected chi connectivity index (χ0v) is 13.5. The number of amides is 1. The Kier molecular flexibility index (Phi) is 5.80. The van der Waals surface area contributed by atoms with Gasteiger partial charge in [-0.05, 0) is 56.7 Å². The fourth-order valence-corrected chi connectivity index (χ4v) is 2.32. The van der Waals surface area contributed by atoms with Crippen molar-refractivity contribution < 1.29 is 27.9 Å². The number of halogens is 5. The minimum atomic E-state index is -4.67. The minimum Gasteiger partial charge on any atom is -0.480 e. The van der Waals surface area contributed by atoms with Gasteiger partial charge in [-0.15, -0.1) is 0 Å². The molecule has 1 rings (SSSR count). The smallest absolute Gasteiger partial charge is 0.406 e. The lowest BCUT2D eigenvalue weighted by atomic mass is 10.2. The molecule has 0 aliphatic rings. The average molecular weight is 466 g/mol. The number of benzene rings is 1. The zero-order valence-electron chi connectivity index (χ0n) is 9.75. The van der Waals surface area contributed by atoms with Gasteiger partial charge in [-0.25, -0.2) is 0 Å². The first kappa shape index (κ1) is 17.2. The summed E-state index contributed by atoms with van der Waals surface area (Å²) in [6.07, 6.45) is -4.67. The topological polar surface area (TPSA) is 57.6 Å². The van der Waals surface area contributed by atoms with Crippen LogP contribution in [0.5, 0.6) is 0 Å². The summed E-state index contributed by atoms with van der Waals surface area (Å²) in [4.78, 5) is 22.9. The number of rotatable bonds is 4. The monoisotopic (exact) mass is 465 g/mol. The summed E-state index contributed by atoms with van der Waals surface area (Å²) >= 11 is 4.97. The lowest BCUT2D eigenvalue weighted by Gasteiger charge is -2.22. The number of hydrogen-bond acceptors (Lipinski definition) is 2. The van der Waals surface area contributed by atoms with E-state index in [0.29, 0.717) is 8.04 Å². The molecule has 0 aromatic heterocycles. The predicted molar refractivity (Wildman–Crippen MR) is 76.5 cm³/mol. The highest BCUT2D eigenvalue weighted by Crippen LogP contribution is 2.23. The first-order valence-electron chi connectivity index (χ1n) is 5.13. The predicted octanol–water partition coefficient (Wildman–Crippen LogP) is 3.14. The van der Waals surface area contributed by atoms with E-state index in [1.165, 1.54) is 12.1 Å². The van der Waals surface area contributed by atoms with E-state index in [9.17, 15) is 22.8 Å². The summed E-state index contributed by atoms with van der Waals surface area (Å²) in [7, 11) is 0. The molecule has 9 heteroatoms. The van der Waals surface area contributed by atoms with E-state index in [-0.39, 0.29) is 10.5 Å². The summed E-state index contributed by atoms with van der Waals surface area (Å²) < 4.78 is 38.2. The van der Waals surface area contributed by atoms with Crippen molar-refractivity contribution in [2.24, 2.45) is 0 Å².